The quantitative estimate of drug-likeness (QED) is 0.441. The van der Waals surface area contributed by atoms with Crippen LogP contribution in [-0.2, 0) is 0 Å². The SMILES string of the molecule is CCN(O)CC.O=[N+]([O-])O. The molecule has 0 unspecified atom stereocenters. The van der Waals surface area contributed by atoms with Gasteiger partial charge in [-0.1, -0.05) is 13.8 Å². The minimum atomic E-state index is -1.50. The monoisotopic (exact) mass is 152 g/mol. The third kappa shape index (κ3) is 27.4. The van der Waals surface area contributed by atoms with Crippen molar-refractivity contribution in [3.05, 3.63) is 10.1 Å². The second kappa shape index (κ2) is 8.12. The summed E-state index contributed by atoms with van der Waals surface area (Å²) < 4.78 is 0. The molecule has 0 aliphatic rings. The minimum Gasteiger partial charge on any atom is -0.328 e. The second-order valence-electron chi connectivity index (χ2n) is 1.38. The molecule has 2 N–H and O–H groups in total. The smallest absolute Gasteiger partial charge is 0.291 e. The van der Waals surface area contributed by atoms with Crippen LogP contribution < -0.4 is 0 Å². The molecule has 0 aliphatic heterocycles. The first-order valence-electron chi connectivity index (χ1n) is 2.81. The molecular formula is C4H12N2O4. The molecule has 0 spiro atoms. The largest absolute Gasteiger partial charge is 0.328 e. The van der Waals surface area contributed by atoms with Crippen molar-refractivity contribution in [2.24, 2.45) is 0 Å². The first kappa shape index (κ1) is 11.9. The Morgan fingerprint density at radius 1 is 1.50 bits per heavy atom. The van der Waals surface area contributed by atoms with Gasteiger partial charge in [-0.3, -0.25) is 0 Å². The molecule has 0 radical (unpaired) electrons. The molecule has 6 heteroatoms. The second-order valence-corrected chi connectivity index (χ2v) is 1.38. The zero-order valence-electron chi connectivity index (χ0n) is 6.02. The predicted octanol–water partition coefficient (Wildman–Crippen LogP) is 0.370. The molecule has 0 saturated heterocycles. The van der Waals surface area contributed by atoms with Crippen LogP contribution in [0.25, 0.3) is 0 Å². The fraction of sp³-hybridized carbons (Fsp3) is 1.00. The van der Waals surface area contributed by atoms with E-state index in [0.717, 1.165) is 13.1 Å². The minimum absolute atomic E-state index is 0.719. The maximum Gasteiger partial charge on any atom is 0.291 e. The van der Waals surface area contributed by atoms with E-state index in [1.165, 1.54) is 5.06 Å². The van der Waals surface area contributed by atoms with Crippen molar-refractivity contribution >= 4 is 0 Å². The number of hydroxylamine groups is 2. The summed E-state index contributed by atoms with van der Waals surface area (Å²) in [5, 5.41) is 23.4. The van der Waals surface area contributed by atoms with Gasteiger partial charge in [0.15, 0.2) is 0 Å². The highest BCUT2D eigenvalue weighted by atomic mass is 16.9. The molecule has 0 aromatic rings. The number of nitrogens with zero attached hydrogens (tertiary/aromatic N) is 2. The van der Waals surface area contributed by atoms with Crippen molar-refractivity contribution in [1.29, 1.82) is 0 Å². The zero-order valence-corrected chi connectivity index (χ0v) is 6.02. The van der Waals surface area contributed by atoms with Crippen LogP contribution in [0.1, 0.15) is 13.8 Å². The van der Waals surface area contributed by atoms with Gasteiger partial charge in [0.2, 0.25) is 0 Å². The molecule has 0 atom stereocenters. The van der Waals surface area contributed by atoms with Crippen molar-refractivity contribution in [3.63, 3.8) is 0 Å². The van der Waals surface area contributed by atoms with Crippen molar-refractivity contribution in [1.82, 2.24) is 5.06 Å². The van der Waals surface area contributed by atoms with E-state index in [4.69, 9.17) is 20.5 Å². The topological polar surface area (TPSA) is 86.8 Å². The van der Waals surface area contributed by atoms with E-state index in [2.05, 4.69) is 0 Å². The van der Waals surface area contributed by atoms with Gasteiger partial charge in [0.1, 0.15) is 0 Å². The van der Waals surface area contributed by atoms with Gasteiger partial charge in [0.25, 0.3) is 5.09 Å². The lowest BCUT2D eigenvalue weighted by Gasteiger charge is -2.05. The van der Waals surface area contributed by atoms with Crippen molar-refractivity contribution in [2.45, 2.75) is 13.8 Å². The fourth-order valence-corrected chi connectivity index (χ4v) is 0.224. The Hall–Kier alpha value is -0.880. The van der Waals surface area contributed by atoms with E-state index in [1.54, 1.807) is 0 Å². The highest BCUT2D eigenvalue weighted by molar-refractivity contribution is 4.26. The predicted molar refractivity (Wildman–Crippen MR) is 33.5 cm³/mol. The molecule has 0 aliphatic carbocycles. The first-order valence-corrected chi connectivity index (χ1v) is 2.81. The summed E-state index contributed by atoms with van der Waals surface area (Å²) in [4.78, 5) is 8.36. The lowest BCUT2D eigenvalue weighted by atomic mass is 10.6. The summed E-state index contributed by atoms with van der Waals surface area (Å²) in [6.07, 6.45) is 0. The van der Waals surface area contributed by atoms with E-state index in [1.807, 2.05) is 13.8 Å². The number of hydrogen-bond acceptors (Lipinski definition) is 4. The van der Waals surface area contributed by atoms with Crippen LogP contribution in [0.15, 0.2) is 0 Å². The summed E-state index contributed by atoms with van der Waals surface area (Å²) in [6.45, 7) is 5.25. The van der Waals surface area contributed by atoms with Crippen LogP contribution in [0, 0.1) is 10.1 Å². The summed E-state index contributed by atoms with van der Waals surface area (Å²) in [5.41, 5.74) is 0. The Kier molecular flexibility index (Phi) is 9.63. The Bertz CT molecular complexity index is 79.3. The third-order valence-electron chi connectivity index (χ3n) is 0.730. The average Bonchev–Trinajstić information content (AvgIpc) is 1.85. The normalized spacial score (nSPS) is 8.40. The maximum absolute atomic E-state index is 8.50. The summed E-state index contributed by atoms with van der Waals surface area (Å²) in [5.74, 6) is 0. The van der Waals surface area contributed by atoms with Crippen LogP contribution in [0.2, 0.25) is 0 Å². The van der Waals surface area contributed by atoms with Gasteiger partial charge in [0, 0.05) is 13.1 Å². The highest BCUT2D eigenvalue weighted by Crippen LogP contribution is 1.73. The van der Waals surface area contributed by atoms with Crippen LogP contribution in [0.4, 0.5) is 0 Å². The van der Waals surface area contributed by atoms with Gasteiger partial charge in [-0.05, 0) is 0 Å². The third-order valence-corrected chi connectivity index (χ3v) is 0.730. The summed E-state index contributed by atoms with van der Waals surface area (Å²) >= 11 is 0. The Labute approximate surface area is 58.7 Å². The van der Waals surface area contributed by atoms with Gasteiger partial charge in [-0.25, -0.2) is 0 Å². The number of rotatable bonds is 2. The molecule has 0 fully saturated rings. The van der Waals surface area contributed by atoms with Crippen molar-refractivity contribution in [3.8, 4) is 0 Å². The van der Waals surface area contributed by atoms with Crippen molar-refractivity contribution in [2.75, 3.05) is 13.1 Å². The maximum atomic E-state index is 8.50. The molecule has 0 aromatic heterocycles. The Morgan fingerprint density at radius 2 is 1.70 bits per heavy atom. The fourth-order valence-electron chi connectivity index (χ4n) is 0.224. The zero-order chi connectivity index (χ0) is 8.57. The molecule has 62 valence electrons. The lowest BCUT2D eigenvalue weighted by Crippen LogP contribution is -2.16. The van der Waals surface area contributed by atoms with Crippen molar-refractivity contribution < 1.29 is 15.5 Å². The van der Waals surface area contributed by atoms with Crippen LogP contribution in [0.5, 0.6) is 0 Å². The molecule has 6 nitrogen and oxygen atoms in total. The average molecular weight is 152 g/mol. The van der Waals surface area contributed by atoms with E-state index in [0.29, 0.717) is 0 Å². The van der Waals surface area contributed by atoms with Crippen LogP contribution in [0.3, 0.4) is 0 Å². The molecule has 10 heavy (non-hydrogen) atoms. The molecule has 0 bridgehead atoms. The Morgan fingerprint density at radius 3 is 1.70 bits per heavy atom. The van der Waals surface area contributed by atoms with E-state index in [9.17, 15) is 0 Å². The molecular weight excluding hydrogens is 140 g/mol. The first-order chi connectivity index (χ1) is 4.54. The lowest BCUT2D eigenvalue weighted by molar-refractivity contribution is -0.742. The molecule has 0 aromatic carbocycles. The number of hydrogen-bond donors (Lipinski definition) is 2. The van der Waals surface area contributed by atoms with E-state index >= 15 is 0 Å². The Balaban J connectivity index is 0. The molecule has 0 rings (SSSR count). The van der Waals surface area contributed by atoms with Gasteiger partial charge < -0.3 is 10.4 Å². The van der Waals surface area contributed by atoms with Crippen LogP contribution in [-0.4, -0.2) is 33.7 Å². The standard InChI is InChI=1S/C4H11NO.HNO3/c1-3-5(6)4-2;2-1(3)4/h6H,3-4H2,1-2H3;(H,2,3,4). The molecule has 0 amide bonds. The van der Waals surface area contributed by atoms with Crippen LogP contribution >= 0.6 is 0 Å². The van der Waals surface area contributed by atoms with Gasteiger partial charge in [-0.15, -0.1) is 10.1 Å². The highest BCUT2D eigenvalue weighted by Gasteiger charge is 1.84. The van der Waals surface area contributed by atoms with E-state index < -0.39 is 5.09 Å². The van der Waals surface area contributed by atoms with Gasteiger partial charge >= 0.3 is 0 Å². The summed E-state index contributed by atoms with van der Waals surface area (Å²) in [6, 6.07) is 0. The van der Waals surface area contributed by atoms with Gasteiger partial charge in [-0.2, -0.15) is 5.06 Å². The molecule has 0 heterocycles. The molecule has 0 saturated carbocycles. The van der Waals surface area contributed by atoms with Gasteiger partial charge in [0.05, 0.1) is 0 Å². The van der Waals surface area contributed by atoms with E-state index in [-0.39, 0.29) is 0 Å². The summed E-state index contributed by atoms with van der Waals surface area (Å²) in [7, 11) is 0.